The van der Waals surface area contributed by atoms with Gasteiger partial charge in [-0.05, 0) is 48.0 Å². The number of carbonyl (C=O) groups excluding carboxylic acids is 2. The average molecular weight is 381 g/mol. The number of rotatable bonds is 7. The summed E-state index contributed by atoms with van der Waals surface area (Å²) in [7, 11) is 0. The number of thioether (sulfide) groups is 1. The molecule has 7 nitrogen and oxygen atoms in total. The molecule has 0 aliphatic carbocycles. The standard InChI is InChI=1S/C19H19N5O2S/c1-3-17(18(26)20-15-9-7-8-14(12-15)13(2)25)27-19-21-22-23-24(19)16-10-5-4-6-11-16/h4-12,17H,3H2,1-2H3,(H,20,26)/t17-/m1/s1. The Labute approximate surface area is 161 Å². The lowest BCUT2D eigenvalue weighted by molar-refractivity contribution is -0.115. The van der Waals surface area contributed by atoms with Gasteiger partial charge in [-0.2, -0.15) is 4.68 Å². The van der Waals surface area contributed by atoms with Crippen LogP contribution >= 0.6 is 11.8 Å². The van der Waals surface area contributed by atoms with Gasteiger partial charge in [0.05, 0.1) is 10.9 Å². The van der Waals surface area contributed by atoms with Crippen LogP contribution < -0.4 is 5.32 Å². The molecule has 0 saturated heterocycles. The number of carbonyl (C=O) groups is 2. The Morgan fingerprint density at radius 2 is 1.93 bits per heavy atom. The molecule has 0 saturated carbocycles. The van der Waals surface area contributed by atoms with Crippen LogP contribution in [0.15, 0.2) is 59.8 Å². The molecule has 0 spiro atoms. The maximum Gasteiger partial charge on any atom is 0.237 e. The van der Waals surface area contributed by atoms with E-state index in [2.05, 4.69) is 20.8 Å². The van der Waals surface area contributed by atoms with Crippen molar-refractivity contribution >= 4 is 29.1 Å². The molecule has 3 rings (SSSR count). The monoisotopic (exact) mass is 381 g/mol. The fraction of sp³-hybridized carbons (Fsp3) is 0.211. The second kappa shape index (κ2) is 8.59. The second-order valence-corrected chi connectivity index (χ2v) is 7.02. The van der Waals surface area contributed by atoms with Crippen molar-refractivity contribution in [1.29, 1.82) is 0 Å². The van der Waals surface area contributed by atoms with Gasteiger partial charge in [0.2, 0.25) is 11.1 Å². The number of hydrogen-bond acceptors (Lipinski definition) is 6. The highest BCUT2D eigenvalue weighted by Gasteiger charge is 2.22. The van der Waals surface area contributed by atoms with E-state index in [9.17, 15) is 9.59 Å². The van der Waals surface area contributed by atoms with Crippen LogP contribution in [0.25, 0.3) is 5.69 Å². The summed E-state index contributed by atoms with van der Waals surface area (Å²) >= 11 is 1.30. The minimum atomic E-state index is -0.376. The first kappa shape index (κ1) is 18.8. The van der Waals surface area contributed by atoms with Crippen LogP contribution in [0.4, 0.5) is 5.69 Å². The summed E-state index contributed by atoms with van der Waals surface area (Å²) in [4.78, 5) is 24.2. The van der Waals surface area contributed by atoms with E-state index in [1.807, 2.05) is 37.3 Å². The first-order valence-electron chi connectivity index (χ1n) is 8.50. The minimum Gasteiger partial charge on any atom is -0.325 e. The summed E-state index contributed by atoms with van der Waals surface area (Å²) in [6.07, 6.45) is 0.602. The van der Waals surface area contributed by atoms with Gasteiger partial charge in [0, 0.05) is 11.3 Å². The Morgan fingerprint density at radius 3 is 2.63 bits per heavy atom. The Morgan fingerprint density at radius 1 is 1.15 bits per heavy atom. The van der Waals surface area contributed by atoms with Gasteiger partial charge in [-0.25, -0.2) is 0 Å². The molecule has 0 fully saturated rings. The first-order chi connectivity index (χ1) is 13.1. The van der Waals surface area contributed by atoms with Crippen molar-refractivity contribution in [2.24, 2.45) is 0 Å². The third-order valence-corrected chi connectivity index (χ3v) is 5.19. The molecule has 1 heterocycles. The summed E-state index contributed by atoms with van der Waals surface area (Å²) in [6.45, 7) is 3.43. The molecule has 0 radical (unpaired) electrons. The molecule has 0 aliphatic rings. The third kappa shape index (κ3) is 4.59. The van der Waals surface area contributed by atoms with E-state index in [0.29, 0.717) is 22.8 Å². The fourth-order valence-electron chi connectivity index (χ4n) is 2.47. The molecular formula is C19H19N5O2S. The van der Waals surface area contributed by atoms with Crippen molar-refractivity contribution < 1.29 is 9.59 Å². The van der Waals surface area contributed by atoms with Gasteiger partial charge in [0.25, 0.3) is 0 Å². The van der Waals surface area contributed by atoms with Gasteiger partial charge < -0.3 is 5.32 Å². The quantitative estimate of drug-likeness (QED) is 0.498. The largest absolute Gasteiger partial charge is 0.325 e. The minimum absolute atomic E-state index is 0.0467. The zero-order valence-corrected chi connectivity index (χ0v) is 15.8. The summed E-state index contributed by atoms with van der Waals surface area (Å²) in [6, 6.07) is 16.4. The lowest BCUT2D eigenvalue weighted by atomic mass is 10.1. The van der Waals surface area contributed by atoms with Gasteiger partial charge in [-0.1, -0.05) is 49.0 Å². The SMILES string of the molecule is CC[C@@H](Sc1nnnn1-c1ccccc1)C(=O)Nc1cccc(C(C)=O)c1. The topological polar surface area (TPSA) is 89.8 Å². The van der Waals surface area contributed by atoms with Gasteiger partial charge >= 0.3 is 0 Å². The van der Waals surface area contributed by atoms with Crippen molar-refractivity contribution in [3.63, 3.8) is 0 Å². The number of nitrogens with zero attached hydrogens (tertiary/aromatic N) is 4. The summed E-state index contributed by atoms with van der Waals surface area (Å²) in [5, 5.41) is 14.8. The predicted octanol–water partition coefficient (Wildman–Crippen LogP) is 3.37. The highest BCUT2D eigenvalue weighted by molar-refractivity contribution is 8.00. The summed E-state index contributed by atoms with van der Waals surface area (Å²) in [5.41, 5.74) is 1.98. The number of ketones is 1. The number of aromatic nitrogens is 4. The third-order valence-electron chi connectivity index (χ3n) is 3.89. The molecule has 1 atom stereocenters. The molecule has 27 heavy (non-hydrogen) atoms. The highest BCUT2D eigenvalue weighted by Crippen LogP contribution is 2.26. The molecule has 2 aromatic carbocycles. The van der Waals surface area contributed by atoms with Crippen molar-refractivity contribution in [2.45, 2.75) is 30.7 Å². The Bertz CT molecular complexity index is 942. The van der Waals surface area contributed by atoms with Crippen LogP contribution in [0.1, 0.15) is 30.6 Å². The number of hydrogen-bond donors (Lipinski definition) is 1. The van der Waals surface area contributed by atoms with Gasteiger partial charge in [-0.15, -0.1) is 5.10 Å². The normalized spacial score (nSPS) is 11.8. The van der Waals surface area contributed by atoms with Crippen LogP contribution in [0.5, 0.6) is 0 Å². The van der Waals surface area contributed by atoms with Gasteiger partial charge in [-0.3, -0.25) is 9.59 Å². The smallest absolute Gasteiger partial charge is 0.237 e. The van der Waals surface area contributed by atoms with Crippen LogP contribution in [0.3, 0.4) is 0 Å². The number of nitrogens with one attached hydrogen (secondary N) is 1. The van der Waals surface area contributed by atoms with Crippen molar-refractivity contribution in [3.8, 4) is 5.69 Å². The first-order valence-corrected chi connectivity index (χ1v) is 9.38. The number of benzene rings is 2. The number of anilines is 1. The molecule has 138 valence electrons. The zero-order chi connectivity index (χ0) is 19.2. The van der Waals surface area contributed by atoms with Gasteiger partial charge in [0.1, 0.15) is 0 Å². The molecule has 1 aromatic heterocycles. The molecule has 1 amide bonds. The second-order valence-electron chi connectivity index (χ2n) is 5.85. The predicted molar refractivity (Wildman–Crippen MR) is 104 cm³/mol. The molecule has 0 aliphatic heterocycles. The van der Waals surface area contributed by atoms with Gasteiger partial charge in [0.15, 0.2) is 5.78 Å². The van der Waals surface area contributed by atoms with E-state index in [4.69, 9.17) is 0 Å². The van der Waals surface area contributed by atoms with Crippen LogP contribution in [0, 0.1) is 0 Å². The molecule has 0 bridgehead atoms. The molecule has 1 N–H and O–H groups in total. The lowest BCUT2D eigenvalue weighted by Crippen LogP contribution is -2.25. The summed E-state index contributed by atoms with van der Waals surface area (Å²) in [5.74, 6) is -0.208. The van der Waals surface area contributed by atoms with Crippen molar-refractivity contribution in [2.75, 3.05) is 5.32 Å². The van der Waals surface area contributed by atoms with Crippen LogP contribution in [0.2, 0.25) is 0 Å². The number of para-hydroxylation sites is 1. The van der Waals surface area contributed by atoms with E-state index in [1.54, 1.807) is 28.9 Å². The number of tetrazole rings is 1. The molecule has 8 heteroatoms. The Kier molecular flexibility index (Phi) is 5.97. The Balaban J connectivity index is 1.75. The molecule has 3 aromatic rings. The van der Waals surface area contributed by atoms with E-state index in [1.165, 1.54) is 18.7 Å². The van der Waals surface area contributed by atoms with E-state index < -0.39 is 0 Å². The summed E-state index contributed by atoms with van der Waals surface area (Å²) < 4.78 is 1.61. The maximum absolute atomic E-state index is 12.7. The van der Waals surface area contributed by atoms with E-state index >= 15 is 0 Å². The molecular weight excluding hydrogens is 362 g/mol. The number of Topliss-reactive ketones (excluding diaryl/α,β-unsaturated/α-hetero) is 1. The average Bonchev–Trinajstić information content (AvgIpc) is 3.15. The van der Waals surface area contributed by atoms with Crippen molar-refractivity contribution in [1.82, 2.24) is 20.2 Å². The fourth-order valence-corrected chi connectivity index (χ4v) is 3.38. The lowest BCUT2D eigenvalue weighted by Gasteiger charge is -2.14. The molecule has 0 unspecified atom stereocenters. The highest BCUT2D eigenvalue weighted by atomic mass is 32.2. The van der Waals surface area contributed by atoms with Crippen LogP contribution in [-0.2, 0) is 4.79 Å². The van der Waals surface area contributed by atoms with Crippen molar-refractivity contribution in [3.05, 3.63) is 60.2 Å². The van der Waals surface area contributed by atoms with E-state index in [-0.39, 0.29) is 16.9 Å². The van der Waals surface area contributed by atoms with Crippen LogP contribution in [-0.4, -0.2) is 37.1 Å². The maximum atomic E-state index is 12.7. The van der Waals surface area contributed by atoms with E-state index in [0.717, 1.165) is 5.69 Å². The Hall–Kier alpha value is -3.00. The zero-order valence-electron chi connectivity index (χ0n) is 15.0. The number of amides is 1.